The van der Waals surface area contributed by atoms with Gasteiger partial charge in [-0.25, -0.2) is 0 Å². The molecule has 2 aliphatic heterocycles. The second-order valence-corrected chi connectivity index (χ2v) is 9.26. The van der Waals surface area contributed by atoms with Crippen LogP contribution in [-0.2, 0) is 4.74 Å². The zero-order chi connectivity index (χ0) is 22.8. The molecule has 0 bridgehead atoms. The van der Waals surface area contributed by atoms with Gasteiger partial charge in [0.2, 0.25) is 0 Å². The van der Waals surface area contributed by atoms with Gasteiger partial charge in [-0.05, 0) is 61.1 Å². The summed E-state index contributed by atoms with van der Waals surface area (Å²) in [7, 11) is 0. The van der Waals surface area contributed by atoms with Crippen molar-refractivity contribution in [3.05, 3.63) is 76.8 Å². The van der Waals surface area contributed by atoms with E-state index in [1.54, 1.807) is 0 Å². The number of halogens is 1. The Morgan fingerprint density at radius 1 is 1.12 bits per heavy atom. The predicted molar refractivity (Wildman–Crippen MR) is 133 cm³/mol. The summed E-state index contributed by atoms with van der Waals surface area (Å²) in [5.74, 6) is 1.66. The Balaban J connectivity index is 1.46. The van der Waals surface area contributed by atoms with Crippen LogP contribution in [0.5, 0.6) is 0 Å². The lowest BCUT2D eigenvalue weighted by Gasteiger charge is -2.31. The highest BCUT2D eigenvalue weighted by atomic mass is 35.5. The third-order valence-corrected chi connectivity index (χ3v) is 6.93. The molecule has 1 N–H and O–H groups in total. The van der Waals surface area contributed by atoms with Crippen molar-refractivity contribution in [2.75, 3.05) is 39.4 Å². The molecule has 4 heterocycles. The maximum atomic E-state index is 6.45. The number of aryl methyl sites for hydroxylation is 1. The lowest BCUT2D eigenvalue weighted by atomic mass is 10.0. The minimum atomic E-state index is -0.0957. The molecular formula is C25H27ClN4O2S. The minimum Gasteiger partial charge on any atom is -0.459 e. The summed E-state index contributed by atoms with van der Waals surface area (Å²) in [5.41, 5.74) is 3.05. The van der Waals surface area contributed by atoms with Gasteiger partial charge < -0.3 is 19.4 Å². The minimum absolute atomic E-state index is 0.0946. The van der Waals surface area contributed by atoms with E-state index in [0.717, 1.165) is 72.8 Å². The van der Waals surface area contributed by atoms with Crippen molar-refractivity contribution in [3.8, 4) is 11.3 Å². The van der Waals surface area contributed by atoms with Gasteiger partial charge in [-0.2, -0.15) is 0 Å². The summed E-state index contributed by atoms with van der Waals surface area (Å²) >= 11 is 12.0. The van der Waals surface area contributed by atoms with Crippen LogP contribution in [0.15, 0.2) is 59.1 Å². The Hall–Kier alpha value is -2.45. The van der Waals surface area contributed by atoms with Crippen LogP contribution in [0.3, 0.4) is 0 Å². The zero-order valence-corrected chi connectivity index (χ0v) is 20.1. The van der Waals surface area contributed by atoms with E-state index in [0.29, 0.717) is 5.02 Å². The van der Waals surface area contributed by atoms with Gasteiger partial charge in [-0.3, -0.25) is 9.88 Å². The molecule has 0 aliphatic carbocycles. The van der Waals surface area contributed by atoms with Gasteiger partial charge in [0, 0.05) is 43.0 Å². The number of benzene rings is 1. The number of nitrogens with one attached hydrogen (secondary N) is 1. The van der Waals surface area contributed by atoms with Crippen molar-refractivity contribution in [2.24, 2.45) is 0 Å². The SMILES string of the molecule is Cc1ccc(Cl)cc1-c1ccc(C2C(c3ccccn3)NC(=S)N2CCN2CCOCC2)o1. The molecule has 0 amide bonds. The Labute approximate surface area is 204 Å². The summed E-state index contributed by atoms with van der Waals surface area (Å²) in [6.07, 6.45) is 1.82. The summed E-state index contributed by atoms with van der Waals surface area (Å²) in [4.78, 5) is 9.26. The lowest BCUT2D eigenvalue weighted by Crippen LogP contribution is -2.42. The first kappa shape index (κ1) is 22.3. The molecule has 2 fully saturated rings. The largest absolute Gasteiger partial charge is 0.459 e. The molecular weight excluding hydrogens is 456 g/mol. The third-order valence-electron chi connectivity index (χ3n) is 6.34. The normalized spacial score (nSPS) is 21.4. The van der Waals surface area contributed by atoms with Crippen LogP contribution in [0.25, 0.3) is 11.3 Å². The number of furan rings is 1. The van der Waals surface area contributed by atoms with Crippen molar-refractivity contribution in [1.29, 1.82) is 0 Å². The van der Waals surface area contributed by atoms with Crippen LogP contribution in [0, 0.1) is 6.92 Å². The number of pyridine rings is 1. The summed E-state index contributed by atoms with van der Waals surface area (Å²) in [5, 5.41) is 4.91. The van der Waals surface area contributed by atoms with Crippen LogP contribution in [-0.4, -0.2) is 59.3 Å². The molecule has 0 spiro atoms. The first-order valence-electron chi connectivity index (χ1n) is 11.2. The van der Waals surface area contributed by atoms with E-state index in [2.05, 4.69) is 27.0 Å². The number of morpholine rings is 1. The molecule has 5 rings (SSSR count). The average Bonchev–Trinajstić information content (AvgIpc) is 3.45. The Kier molecular flexibility index (Phi) is 6.64. The highest BCUT2D eigenvalue weighted by Gasteiger charge is 2.41. The standard InChI is InChI=1S/C25H27ClN4O2S/c1-17-5-6-18(26)16-19(17)21-7-8-22(32-21)24-23(20-4-2-3-9-27-20)28-25(33)30(24)11-10-29-12-14-31-15-13-29/h2-9,16,23-24H,10-15H2,1H3,(H,28,33). The Bertz CT molecular complexity index is 1120. The topological polar surface area (TPSA) is 53.8 Å². The maximum Gasteiger partial charge on any atom is 0.170 e. The van der Waals surface area contributed by atoms with Gasteiger partial charge in [0.1, 0.15) is 17.6 Å². The molecule has 2 aromatic heterocycles. The van der Waals surface area contributed by atoms with E-state index in [-0.39, 0.29) is 12.1 Å². The zero-order valence-electron chi connectivity index (χ0n) is 18.5. The lowest BCUT2D eigenvalue weighted by molar-refractivity contribution is 0.0347. The number of rotatable bonds is 6. The molecule has 1 aromatic carbocycles. The Morgan fingerprint density at radius 2 is 1.97 bits per heavy atom. The molecule has 6 nitrogen and oxygen atoms in total. The van der Waals surface area contributed by atoms with Crippen molar-refractivity contribution >= 4 is 28.9 Å². The van der Waals surface area contributed by atoms with Crippen LogP contribution < -0.4 is 5.32 Å². The molecule has 172 valence electrons. The highest BCUT2D eigenvalue weighted by Crippen LogP contribution is 2.40. The van der Waals surface area contributed by atoms with Crippen molar-refractivity contribution in [2.45, 2.75) is 19.0 Å². The number of thiocarbonyl (C=S) groups is 1. The van der Waals surface area contributed by atoms with Crippen LogP contribution in [0.2, 0.25) is 5.02 Å². The maximum absolute atomic E-state index is 6.45. The van der Waals surface area contributed by atoms with Gasteiger partial charge in [-0.1, -0.05) is 23.7 Å². The highest BCUT2D eigenvalue weighted by molar-refractivity contribution is 7.80. The number of nitrogens with zero attached hydrogens (tertiary/aromatic N) is 3. The summed E-state index contributed by atoms with van der Waals surface area (Å²) in [6.45, 7) is 7.23. The smallest absolute Gasteiger partial charge is 0.170 e. The quantitative estimate of drug-likeness (QED) is 0.515. The number of ether oxygens (including phenoxy) is 1. The first-order chi connectivity index (χ1) is 16.1. The predicted octanol–water partition coefficient (Wildman–Crippen LogP) is 4.61. The van der Waals surface area contributed by atoms with Crippen molar-refractivity contribution < 1.29 is 9.15 Å². The van der Waals surface area contributed by atoms with Gasteiger partial charge in [0.25, 0.3) is 0 Å². The molecule has 2 saturated heterocycles. The van der Waals surface area contributed by atoms with Crippen molar-refractivity contribution in [1.82, 2.24) is 20.1 Å². The van der Waals surface area contributed by atoms with E-state index in [9.17, 15) is 0 Å². The number of hydrogen-bond acceptors (Lipinski definition) is 5. The van der Waals surface area contributed by atoms with Gasteiger partial charge in [-0.15, -0.1) is 0 Å². The summed E-state index contributed by atoms with van der Waals surface area (Å²) in [6, 6.07) is 15.7. The van der Waals surface area contributed by atoms with E-state index in [1.807, 2.05) is 54.7 Å². The molecule has 2 aliphatic rings. The molecule has 0 radical (unpaired) electrons. The van der Waals surface area contributed by atoms with Gasteiger partial charge in [0.15, 0.2) is 5.11 Å². The van der Waals surface area contributed by atoms with Gasteiger partial charge in [0.05, 0.1) is 24.9 Å². The monoisotopic (exact) mass is 482 g/mol. The molecule has 0 saturated carbocycles. The number of hydrogen-bond donors (Lipinski definition) is 1. The number of aromatic nitrogens is 1. The summed E-state index contributed by atoms with van der Waals surface area (Å²) < 4.78 is 11.9. The fourth-order valence-corrected chi connectivity index (χ4v) is 5.05. The van der Waals surface area contributed by atoms with Crippen LogP contribution >= 0.6 is 23.8 Å². The molecule has 3 aromatic rings. The van der Waals surface area contributed by atoms with Crippen LogP contribution in [0.1, 0.15) is 29.1 Å². The van der Waals surface area contributed by atoms with E-state index in [1.165, 1.54) is 0 Å². The molecule has 2 atom stereocenters. The van der Waals surface area contributed by atoms with Crippen LogP contribution in [0.4, 0.5) is 0 Å². The fraction of sp³-hybridized carbons (Fsp3) is 0.360. The average molecular weight is 483 g/mol. The van der Waals surface area contributed by atoms with E-state index >= 15 is 0 Å². The van der Waals surface area contributed by atoms with E-state index < -0.39 is 0 Å². The van der Waals surface area contributed by atoms with Crippen molar-refractivity contribution in [3.63, 3.8) is 0 Å². The molecule has 8 heteroatoms. The molecule has 33 heavy (non-hydrogen) atoms. The van der Waals surface area contributed by atoms with E-state index in [4.69, 9.17) is 33.0 Å². The molecule has 2 unspecified atom stereocenters. The first-order valence-corrected chi connectivity index (χ1v) is 12.0. The second-order valence-electron chi connectivity index (χ2n) is 8.44. The van der Waals surface area contributed by atoms with Gasteiger partial charge >= 0.3 is 0 Å². The second kappa shape index (κ2) is 9.81. The Morgan fingerprint density at radius 3 is 2.76 bits per heavy atom. The fourth-order valence-electron chi connectivity index (χ4n) is 4.55. The third kappa shape index (κ3) is 4.77.